The third-order valence-corrected chi connectivity index (χ3v) is 4.58. The van der Waals surface area contributed by atoms with Gasteiger partial charge < -0.3 is 15.4 Å². The molecule has 0 aliphatic carbocycles. The molecule has 1 heterocycles. The Labute approximate surface area is 149 Å². The quantitative estimate of drug-likeness (QED) is 0.844. The topological polar surface area (TPSA) is 53.6 Å². The van der Waals surface area contributed by atoms with E-state index in [9.17, 15) is 4.79 Å². The summed E-state index contributed by atoms with van der Waals surface area (Å²) in [5.41, 5.74) is 2.12. The summed E-state index contributed by atoms with van der Waals surface area (Å²) in [7, 11) is 1.68. The van der Waals surface area contributed by atoms with Crippen LogP contribution < -0.4 is 15.4 Å². The molecule has 1 atom stereocenters. The molecule has 0 bridgehead atoms. The van der Waals surface area contributed by atoms with Gasteiger partial charge in [-0.05, 0) is 49.2 Å². The van der Waals surface area contributed by atoms with Crippen LogP contribution in [0.5, 0.6) is 5.75 Å². The van der Waals surface area contributed by atoms with Crippen molar-refractivity contribution in [2.24, 2.45) is 0 Å². The van der Waals surface area contributed by atoms with Crippen molar-refractivity contribution < 1.29 is 9.53 Å². The Bertz CT molecular complexity index is 673. The molecule has 132 valence electrons. The van der Waals surface area contributed by atoms with E-state index < -0.39 is 0 Å². The highest BCUT2D eigenvalue weighted by molar-refractivity contribution is 5.89. The van der Waals surface area contributed by atoms with Crippen molar-refractivity contribution in [2.45, 2.75) is 18.9 Å². The van der Waals surface area contributed by atoms with Gasteiger partial charge in [0.05, 0.1) is 7.11 Å². The number of hydrogen-bond donors (Lipinski definition) is 2. The van der Waals surface area contributed by atoms with Crippen LogP contribution in [0, 0.1) is 0 Å². The number of anilines is 1. The number of methoxy groups -OCH3 is 1. The highest BCUT2D eigenvalue weighted by atomic mass is 16.5. The fraction of sp³-hybridized carbons (Fsp3) is 0.350. The minimum absolute atomic E-state index is 0.161. The fourth-order valence-corrected chi connectivity index (χ4v) is 3.31. The molecule has 1 saturated heterocycles. The maximum atomic E-state index is 12.0. The lowest BCUT2D eigenvalue weighted by atomic mass is 10.0. The fourth-order valence-electron chi connectivity index (χ4n) is 3.31. The van der Waals surface area contributed by atoms with Crippen molar-refractivity contribution >= 4 is 11.7 Å². The molecule has 5 nitrogen and oxygen atoms in total. The summed E-state index contributed by atoms with van der Waals surface area (Å²) in [5.74, 6) is 0.882. The van der Waals surface area contributed by atoms with Crippen molar-refractivity contribution in [3.05, 3.63) is 60.2 Å². The van der Waals surface area contributed by atoms with Gasteiger partial charge in [-0.25, -0.2) is 4.79 Å². The van der Waals surface area contributed by atoms with Crippen LogP contribution in [-0.4, -0.2) is 37.7 Å². The summed E-state index contributed by atoms with van der Waals surface area (Å²) >= 11 is 0. The number of carbonyl (C=O) groups is 1. The van der Waals surface area contributed by atoms with Gasteiger partial charge in [-0.15, -0.1) is 0 Å². The van der Waals surface area contributed by atoms with Gasteiger partial charge in [0.2, 0.25) is 0 Å². The minimum Gasteiger partial charge on any atom is -0.497 e. The summed E-state index contributed by atoms with van der Waals surface area (Å²) in [6, 6.07) is 18.0. The first-order valence-electron chi connectivity index (χ1n) is 8.74. The van der Waals surface area contributed by atoms with Crippen LogP contribution in [-0.2, 0) is 0 Å². The molecule has 0 unspecified atom stereocenters. The van der Waals surface area contributed by atoms with Gasteiger partial charge in [-0.1, -0.05) is 30.3 Å². The first-order chi connectivity index (χ1) is 12.3. The van der Waals surface area contributed by atoms with Gasteiger partial charge in [-0.2, -0.15) is 0 Å². The number of hydrogen-bond acceptors (Lipinski definition) is 3. The van der Waals surface area contributed by atoms with Crippen LogP contribution in [0.3, 0.4) is 0 Å². The number of rotatable bonds is 6. The van der Waals surface area contributed by atoms with Crippen molar-refractivity contribution in [1.82, 2.24) is 10.2 Å². The molecular formula is C20H25N3O2. The van der Waals surface area contributed by atoms with E-state index in [1.165, 1.54) is 12.0 Å². The van der Waals surface area contributed by atoms with E-state index in [1.807, 2.05) is 42.5 Å². The molecule has 1 aliphatic heterocycles. The lowest BCUT2D eigenvalue weighted by Crippen LogP contribution is -2.36. The number of nitrogens with zero attached hydrogens (tertiary/aromatic N) is 1. The molecular weight excluding hydrogens is 314 g/mol. The monoisotopic (exact) mass is 339 g/mol. The molecule has 2 aromatic rings. The van der Waals surface area contributed by atoms with Gasteiger partial charge in [0.1, 0.15) is 5.75 Å². The standard InChI is InChI=1S/C20H25N3O2/c1-25-18-11-9-16(10-12-18)19-8-5-14-23(19)15-13-21-20(24)22-17-6-3-2-4-7-17/h2-4,6-7,9-12,19H,5,8,13-15H2,1H3,(H2,21,22,24)/t19-/m0/s1. The highest BCUT2D eigenvalue weighted by Crippen LogP contribution is 2.32. The van der Waals surface area contributed by atoms with Crippen molar-refractivity contribution in [3.8, 4) is 5.75 Å². The molecule has 25 heavy (non-hydrogen) atoms. The summed E-state index contributed by atoms with van der Waals surface area (Å²) < 4.78 is 5.23. The Hall–Kier alpha value is -2.53. The van der Waals surface area contributed by atoms with Gasteiger partial charge in [0.15, 0.2) is 0 Å². The second-order valence-corrected chi connectivity index (χ2v) is 6.21. The Morgan fingerprint density at radius 3 is 2.64 bits per heavy atom. The smallest absolute Gasteiger partial charge is 0.319 e. The number of para-hydroxylation sites is 1. The Morgan fingerprint density at radius 2 is 1.92 bits per heavy atom. The van der Waals surface area contributed by atoms with E-state index in [4.69, 9.17) is 4.74 Å². The molecule has 0 radical (unpaired) electrons. The van der Waals surface area contributed by atoms with Crippen molar-refractivity contribution in [2.75, 3.05) is 32.1 Å². The second-order valence-electron chi connectivity index (χ2n) is 6.21. The normalized spacial score (nSPS) is 17.2. The zero-order chi connectivity index (χ0) is 17.5. The molecule has 2 amide bonds. The van der Waals surface area contributed by atoms with Gasteiger partial charge >= 0.3 is 6.03 Å². The number of urea groups is 1. The lowest BCUT2D eigenvalue weighted by molar-refractivity contribution is 0.240. The second kappa shape index (κ2) is 8.53. The first kappa shape index (κ1) is 17.3. The van der Waals surface area contributed by atoms with Gasteiger partial charge in [-0.3, -0.25) is 4.90 Å². The average Bonchev–Trinajstić information content (AvgIpc) is 3.11. The first-order valence-corrected chi connectivity index (χ1v) is 8.74. The van der Waals surface area contributed by atoms with E-state index >= 15 is 0 Å². The van der Waals surface area contributed by atoms with E-state index in [0.717, 1.165) is 30.9 Å². The van der Waals surface area contributed by atoms with Crippen LogP contribution in [0.2, 0.25) is 0 Å². The minimum atomic E-state index is -0.161. The molecule has 5 heteroatoms. The van der Waals surface area contributed by atoms with E-state index in [-0.39, 0.29) is 6.03 Å². The number of carbonyl (C=O) groups excluding carboxylic acids is 1. The maximum absolute atomic E-state index is 12.0. The molecule has 2 aromatic carbocycles. The Kier molecular flexibility index (Phi) is 5.90. The zero-order valence-electron chi connectivity index (χ0n) is 14.6. The van der Waals surface area contributed by atoms with E-state index in [1.54, 1.807) is 7.11 Å². The molecule has 1 aliphatic rings. The molecule has 0 saturated carbocycles. The Balaban J connectivity index is 1.47. The SMILES string of the molecule is COc1ccc([C@@H]2CCCN2CCNC(=O)Nc2ccccc2)cc1. The van der Waals surface area contributed by atoms with E-state index in [0.29, 0.717) is 12.6 Å². The maximum Gasteiger partial charge on any atom is 0.319 e. The lowest BCUT2D eigenvalue weighted by Gasteiger charge is -2.25. The van der Waals surface area contributed by atoms with Crippen molar-refractivity contribution in [1.29, 1.82) is 0 Å². The molecule has 1 fully saturated rings. The van der Waals surface area contributed by atoms with Crippen molar-refractivity contribution in [3.63, 3.8) is 0 Å². The summed E-state index contributed by atoms with van der Waals surface area (Å²) in [6.45, 7) is 2.54. The van der Waals surface area contributed by atoms with Gasteiger partial charge in [0.25, 0.3) is 0 Å². The summed E-state index contributed by atoms with van der Waals surface area (Å²) in [5, 5.41) is 5.78. The molecule has 0 aromatic heterocycles. The number of benzene rings is 2. The third kappa shape index (κ3) is 4.73. The predicted octanol–water partition coefficient (Wildman–Crippen LogP) is 3.65. The van der Waals surface area contributed by atoms with Crippen LogP contribution in [0.4, 0.5) is 10.5 Å². The van der Waals surface area contributed by atoms with E-state index in [2.05, 4.69) is 27.7 Å². The number of nitrogens with one attached hydrogen (secondary N) is 2. The predicted molar refractivity (Wildman–Crippen MR) is 100 cm³/mol. The highest BCUT2D eigenvalue weighted by Gasteiger charge is 2.25. The number of ether oxygens (including phenoxy) is 1. The van der Waals surface area contributed by atoms with Crippen LogP contribution in [0.15, 0.2) is 54.6 Å². The third-order valence-electron chi connectivity index (χ3n) is 4.58. The zero-order valence-corrected chi connectivity index (χ0v) is 14.6. The summed E-state index contributed by atoms with van der Waals surface area (Å²) in [6.07, 6.45) is 2.34. The Morgan fingerprint density at radius 1 is 1.16 bits per heavy atom. The number of amides is 2. The average molecular weight is 339 g/mol. The molecule has 0 spiro atoms. The summed E-state index contributed by atoms with van der Waals surface area (Å²) in [4.78, 5) is 14.4. The molecule has 3 rings (SSSR count). The van der Waals surface area contributed by atoms with Crippen LogP contribution in [0.1, 0.15) is 24.4 Å². The largest absolute Gasteiger partial charge is 0.497 e. The van der Waals surface area contributed by atoms with Gasteiger partial charge in [0, 0.05) is 24.8 Å². The molecule has 2 N–H and O–H groups in total. The van der Waals surface area contributed by atoms with Crippen LogP contribution in [0.25, 0.3) is 0 Å². The van der Waals surface area contributed by atoms with Crippen LogP contribution >= 0.6 is 0 Å². The number of likely N-dealkylation sites (tertiary alicyclic amines) is 1.